The van der Waals surface area contributed by atoms with Crippen molar-refractivity contribution in [2.75, 3.05) is 39.3 Å². The molecule has 1 saturated heterocycles. The molecule has 104 valence electrons. The highest BCUT2D eigenvalue weighted by Gasteiger charge is 2.17. The van der Waals surface area contributed by atoms with E-state index in [-0.39, 0.29) is 0 Å². The van der Waals surface area contributed by atoms with Gasteiger partial charge in [0.25, 0.3) is 0 Å². The van der Waals surface area contributed by atoms with Crippen LogP contribution in [0.3, 0.4) is 0 Å². The largest absolute Gasteiger partial charge is 0.300 e. The first-order valence-corrected chi connectivity index (χ1v) is 7.13. The van der Waals surface area contributed by atoms with Crippen LogP contribution in [0, 0.1) is 0 Å². The second kappa shape index (κ2) is 8.38. The molecule has 0 spiro atoms. The maximum Gasteiger partial charge on any atom is 0.133 e. The predicted octanol–water partition coefficient (Wildman–Crippen LogP) is 1.34. The summed E-state index contributed by atoms with van der Waals surface area (Å²) in [5.74, 6) is 0.706. The molecule has 0 N–H and O–H groups in total. The van der Waals surface area contributed by atoms with Gasteiger partial charge in [-0.1, -0.05) is 13.8 Å². The fourth-order valence-electron chi connectivity index (χ4n) is 2.16. The number of rotatable bonds is 8. The summed E-state index contributed by atoms with van der Waals surface area (Å²) in [4.78, 5) is 27.2. The smallest absolute Gasteiger partial charge is 0.133 e. The molecule has 0 amide bonds. The molecule has 1 aliphatic rings. The number of hydrogen-bond donors (Lipinski definition) is 0. The van der Waals surface area contributed by atoms with E-state index in [2.05, 4.69) is 9.80 Å². The summed E-state index contributed by atoms with van der Waals surface area (Å²) in [6.45, 7) is 9.74. The highest BCUT2D eigenvalue weighted by atomic mass is 16.1. The molecule has 18 heavy (non-hydrogen) atoms. The second-order valence-corrected chi connectivity index (χ2v) is 4.97. The summed E-state index contributed by atoms with van der Waals surface area (Å²) in [6, 6.07) is 0. The Morgan fingerprint density at radius 3 is 1.39 bits per heavy atom. The summed E-state index contributed by atoms with van der Waals surface area (Å²) in [6.07, 6.45) is 2.67. The van der Waals surface area contributed by atoms with Gasteiger partial charge in [-0.2, -0.15) is 0 Å². The van der Waals surface area contributed by atoms with Gasteiger partial charge in [0.1, 0.15) is 11.6 Å². The summed E-state index contributed by atoms with van der Waals surface area (Å²) in [5, 5.41) is 0. The Morgan fingerprint density at radius 2 is 1.11 bits per heavy atom. The first-order valence-electron chi connectivity index (χ1n) is 7.13. The number of carbonyl (C=O) groups excluding carboxylic acids is 2. The lowest BCUT2D eigenvalue weighted by Crippen LogP contribution is -2.47. The van der Waals surface area contributed by atoms with Crippen molar-refractivity contribution in [3.05, 3.63) is 0 Å². The molecule has 1 aliphatic heterocycles. The lowest BCUT2D eigenvalue weighted by atomic mass is 10.2. The number of nitrogens with zero attached hydrogens (tertiary/aromatic N) is 2. The van der Waals surface area contributed by atoms with Crippen LogP contribution in [0.4, 0.5) is 0 Å². The van der Waals surface area contributed by atoms with Crippen LogP contribution in [0.25, 0.3) is 0 Å². The highest BCUT2D eigenvalue weighted by Crippen LogP contribution is 2.04. The number of Topliss-reactive ketones (excluding diaryl/α,β-unsaturated/α-hetero) is 2. The quantitative estimate of drug-likeness (QED) is 0.655. The Kier molecular flexibility index (Phi) is 7.13. The predicted molar refractivity (Wildman–Crippen MR) is 72.7 cm³/mol. The van der Waals surface area contributed by atoms with Crippen LogP contribution in [0.1, 0.15) is 39.5 Å². The standard InChI is InChI=1S/C14H26N2O2/c1-3-13(17)5-7-15-9-11-16(12-10-15)8-6-14(18)4-2/h3-12H2,1-2H3. The van der Waals surface area contributed by atoms with Crippen molar-refractivity contribution in [2.24, 2.45) is 0 Å². The Bertz CT molecular complexity index is 243. The van der Waals surface area contributed by atoms with Crippen molar-refractivity contribution in [1.29, 1.82) is 0 Å². The number of ketones is 2. The van der Waals surface area contributed by atoms with Crippen molar-refractivity contribution in [1.82, 2.24) is 9.80 Å². The van der Waals surface area contributed by atoms with E-state index in [0.29, 0.717) is 37.2 Å². The van der Waals surface area contributed by atoms with Crippen LogP contribution in [0.5, 0.6) is 0 Å². The van der Waals surface area contributed by atoms with Crippen LogP contribution < -0.4 is 0 Å². The second-order valence-electron chi connectivity index (χ2n) is 4.97. The molecular formula is C14H26N2O2. The van der Waals surface area contributed by atoms with Crippen molar-refractivity contribution >= 4 is 11.6 Å². The molecule has 0 unspecified atom stereocenters. The van der Waals surface area contributed by atoms with Crippen molar-refractivity contribution < 1.29 is 9.59 Å². The number of hydrogen-bond acceptors (Lipinski definition) is 4. The fraction of sp³-hybridized carbons (Fsp3) is 0.857. The van der Waals surface area contributed by atoms with Crippen LogP contribution >= 0.6 is 0 Å². The van der Waals surface area contributed by atoms with Gasteiger partial charge in [0.2, 0.25) is 0 Å². The van der Waals surface area contributed by atoms with E-state index < -0.39 is 0 Å². The Balaban J connectivity index is 2.12. The van der Waals surface area contributed by atoms with Gasteiger partial charge >= 0.3 is 0 Å². The molecule has 0 atom stereocenters. The third-order valence-electron chi connectivity index (χ3n) is 3.67. The van der Waals surface area contributed by atoms with E-state index in [4.69, 9.17) is 0 Å². The van der Waals surface area contributed by atoms with Crippen molar-refractivity contribution in [3.63, 3.8) is 0 Å². The van der Waals surface area contributed by atoms with Gasteiger partial charge in [0, 0.05) is 65.0 Å². The topological polar surface area (TPSA) is 40.6 Å². The van der Waals surface area contributed by atoms with Gasteiger partial charge in [-0.05, 0) is 0 Å². The lowest BCUT2D eigenvalue weighted by molar-refractivity contribution is -0.120. The summed E-state index contributed by atoms with van der Waals surface area (Å²) < 4.78 is 0. The first-order chi connectivity index (χ1) is 8.65. The SMILES string of the molecule is CCC(=O)CCN1CCN(CCC(=O)CC)CC1. The van der Waals surface area contributed by atoms with Crippen LogP contribution in [-0.4, -0.2) is 60.6 Å². The van der Waals surface area contributed by atoms with Gasteiger partial charge in [0.15, 0.2) is 0 Å². The molecule has 0 bridgehead atoms. The van der Waals surface area contributed by atoms with Gasteiger partial charge in [-0.3, -0.25) is 9.59 Å². The van der Waals surface area contributed by atoms with Crippen LogP contribution in [0.15, 0.2) is 0 Å². The summed E-state index contributed by atoms with van der Waals surface area (Å²) in [7, 11) is 0. The lowest BCUT2D eigenvalue weighted by Gasteiger charge is -2.34. The zero-order valence-corrected chi connectivity index (χ0v) is 11.8. The molecule has 4 nitrogen and oxygen atoms in total. The molecule has 0 aromatic rings. The zero-order chi connectivity index (χ0) is 13.4. The molecular weight excluding hydrogens is 228 g/mol. The minimum absolute atomic E-state index is 0.353. The van der Waals surface area contributed by atoms with Crippen LogP contribution in [-0.2, 0) is 9.59 Å². The van der Waals surface area contributed by atoms with E-state index in [1.807, 2.05) is 13.8 Å². The molecule has 0 saturated carbocycles. The molecule has 0 radical (unpaired) electrons. The molecule has 0 aliphatic carbocycles. The van der Waals surface area contributed by atoms with Gasteiger partial charge < -0.3 is 9.80 Å². The minimum atomic E-state index is 0.353. The van der Waals surface area contributed by atoms with Gasteiger partial charge in [0.05, 0.1) is 0 Å². The maximum atomic E-state index is 11.3. The first kappa shape index (κ1) is 15.3. The average Bonchev–Trinajstić information content (AvgIpc) is 2.43. The van der Waals surface area contributed by atoms with E-state index in [0.717, 1.165) is 39.3 Å². The van der Waals surface area contributed by atoms with E-state index in [1.54, 1.807) is 0 Å². The number of carbonyl (C=O) groups is 2. The minimum Gasteiger partial charge on any atom is -0.300 e. The molecule has 1 heterocycles. The van der Waals surface area contributed by atoms with E-state index in [9.17, 15) is 9.59 Å². The van der Waals surface area contributed by atoms with E-state index in [1.165, 1.54) is 0 Å². The highest BCUT2D eigenvalue weighted by molar-refractivity contribution is 5.78. The van der Waals surface area contributed by atoms with Crippen molar-refractivity contribution in [3.8, 4) is 0 Å². The monoisotopic (exact) mass is 254 g/mol. The molecule has 0 aromatic heterocycles. The third-order valence-corrected chi connectivity index (χ3v) is 3.67. The fourth-order valence-corrected chi connectivity index (χ4v) is 2.16. The van der Waals surface area contributed by atoms with Gasteiger partial charge in [-0.25, -0.2) is 0 Å². The number of piperazine rings is 1. The summed E-state index contributed by atoms with van der Waals surface area (Å²) >= 11 is 0. The zero-order valence-electron chi connectivity index (χ0n) is 11.8. The summed E-state index contributed by atoms with van der Waals surface area (Å²) in [5.41, 5.74) is 0. The molecule has 4 heteroatoms. The average molecular weight is 254 g/mol. The molecule has 0 aromatic carbocycles. The Hall–Kier alpha value is -0.740. The third kappa shape index (κ3) is 5.74. The normalized spacial score (nSPS) is 17.9. The van der Waals surface area contributed by atoms with E-state index >= 15 is 0 Å². The van der Waals surface area contributed by atoms with Crippen LogP contribution in [0.2, 0.25) is 0 Å². The molecule has 1 fully saturated rings. The molecule has 1 rings (SSSR count). The van der Waals surface area contributed by atoms with Crippen molar-refractivity contribution in [2.45, 2.75) is 39.5 Å². The van der Waals surface area contributed by atoms with Gasteiger partial charge in [-0.15, -0.1) is 0 Å². The maximum absolute atomic E-state index is 11.3. The Labute approximate surface area is 110 Å². The Morgan fingerprint density at radius 1 is 0.778 bits per heavy atom.